The fourth-order valence-electron chi connectivity index (χ4n) is 8.59. The van der Waals surface area contributed by atoms with Gasteiger partial charge in [-0.15, -0.1) is 0 Å². The first-order valence-electron chi connectivity index (χ1n) is 25.7. The summed E-state index contributed by atoms with van der Waals surface area (Å²) < 4.78 is 0. The second kappa shape index (κ2) is 40.3. The van der Waals surface area contributed by atoms with Crippen LogP contribution >= 0.6 is 0 Å². The van der Waals surface area contributed by atoms with E-state index in [0.717, 1.165) is 62.0 Å². The summed E-state index contributed by atoms with van der Waals surface area (Å²) in [5.74, 6) is 0. The molecule has 0 N–H and O–H groups in total. The summed E-state index contributed by atoms with van der Waals surface area (Å²) in [6, 6.07) is 13.6. The molecular formula is C56H94N2Pd. The molecule has 0 amide bonds. The standard InChI is InChI=1S/C56H94N2.Pd/c1-6-11-12-13-14-15-16-17-18-19-20-21-22-23-24-25-26-27-28-29-30-31-32-33-34-35-36-37-42-56(58-55-46-44-51(39-8-3)53(48-55)41-10-5)49-57-54-45-43-50(38-7-2)52(47-54)40-9-4;/h37,42-49H,6-36,38-41H2,1-5H3;/b42-37+,57-49?,58-56?;. The number of allylic oxidation sites excluding steroid dienone is 2. The minimum absolute atomic E-state index is 0. The van der Waals surface area contributed by atoms with E-state index in [4.69, 9.17) is 9.98 Å². The summed E-state index contributed by atoms with van der Waals surface area (Å²) in [7, 11) is 0. The van der Waals surface area contributed by atoms with Gasteiger partial charge in [0.25, 0.3) is 0 Å². The summed E-state index contributed by atoms with van der Waals surface area (Å²) in [6.45, 7) is 11.4. The zero-order valence-electron chi connectivity index (χ0n) is 39.7. The van der Waals surface area contributed by atoms with E-state index in [0.29, 0.717) is 0 Å². The second-order valence-electron chi connectivity index (χ2n) is 17.7. The maximum absolute atomic E-state index is 5.14. The van der Waals surface area contributed by atoms with Crippen LogP contribution in [0.2, 0.25) is 0 Å². The topological polar surface area (TPSA) is 24.7 Å². The van der Waals surface area contributed by atoms with E-state index in [1.54, 1.807) is 0 Å². The summed E-state index contributed by atoms with van der Waals surface area (Å²) in [6.07, 6.45) is 54.2. The van der Waals surface area contributed by atoms with Gasteiger partial charge >= 0.3 is 0 Å². The van der Waals surface area contributed by atoms with Crippen LogP contribution in [0.4, 0.5) is 11.4 Å². The van der Waals surface area contributed by atoms with Gasteiger partial charge in [-0.3, -0.25) is 4.99 Å². The molecule has 0 bridgehead atoms. The van der Waals surface area contributed by atoms with E-state index in [9.17, 15) is 0 Å². The van der Waals surface area contributed by atoms with Crippen LogP contribution in [0.3, 0.4) is 0 Å². The third-order valence-electron chi connectivity index (χ3n) is 12.1. The van der Waals surface area contributed by atoms with E-state index >= 15 is 0 Å². The summed E-state index contributed by atoms with van der Waals surface area (Å²) in [5, 5.41) is 0. The fourth-order valence-corrected chi connectivity index (χ4v) is 8.59. The Morgan fingerprint density at radius 1 is 0.390 bits per heavy atom. The molecule has 0 aliphatic carbocycles. The van der Waals surface area contributed by atoms with Crippen LogP contribution in [0.25, 0.3) is 0 Å². The van der Waals surface area contributed by atoms with Crippen molar-refractivity contribution in [2.45, 2.75) is 259 Å². The van der Waals surface area contributed by atoms with Crippen molar-refractivity contribution in [3.63, 3.8) is 0 Å². The maximum atomic E-state index is 5.14. The van der Waals surface area contributed by atoms with Crippen LogP contribution in [-0.4, -0.2) is 11.9 Å². The largest absolute Gasteiger partial charge is 0.255 e. The van der Waals surface area contributed by atoms with Gasteiger partial charge in [-0.2, -0.15) is 0 Å². The Balaban J connectivity index is 0.0000174. The van der Waals surface area contributed by atoms with Gasteiger partial charge in [0.1, 0.15) is 0 Å². The molecule has 0 unspecified atom stereocenters. The van der Waals surface area contributed by atoms with Crippen molar-refractivity contribution >= 4 is 23.3 Å². The Hall–Kier alpha value is -1.82. The van der Waals surface area contributed by atoms with E-state index in [1.165, 1.54) is 202 Å². The summed E-state index contributed by atoms with van der Waals surface area (Å²) in [5.41, 5.74) is 8.87. The molecule has 0 radical (unpaired) electrons. The van der Waals surface area contributed by atoms with Gasteiger partial charge in [0.15, 0.2) is 0 Å². The van der Waals surface area contributed by atoms with Crippen molar-refractivity contribution in [1.29, 1.82) is 0 Å². The summed E-state index contributed by atoms with van der Waals surface area (Å²) >= 11 is 0. The smallest absolute Gasteiger partial charge is 0.0816 e. The van der Waals surface area contributed by atoms with Gasteiger partial charge < -0.3 is 0 Å². The predicted octanol–water partition coefficient (Wildman–Crippen LogP) is 19.1. The zero-order chi connectivity index (χ0) is 41.6. The SMILES string of the molecule is CCCCCCCCCCCCCCCCCCCCCCCCCCCC/C=C/C(C=Nc1ccc(CCC)c(CCC)c1)=Nc1ccc(CCC)c(CCC)c1.[Pd]. The van der Waals surface area contributed by atoms with Crippen LogP contribution in [0.1, 0.15) is 256 Å². The monoisotopic (exact) mass is 901 g/mol. The van der Waals surface area contributed by atoms with Crippen molar-refractivity contribution in [2.75, 3.05) is 0 Å². The fraction of sp³-hybridized carbons (Fsp3) is 0.714. The molecule has 0 aromatic heterocycles. The summed E-state index contributed by atoms with van der Waals surface area (Å²) in [4.78, 5) is 10.1. The van der Waals surface area contributed by atoms with Crippen molar-refractivity contribution in [1.82, 2.24) is 0 Å². The predicted molar refractivity (Wildman–Crippen MR) is 264 cm³/mol. The van der Waals surface area contributed by atoms with Crippen molar-refractivity contribution in [3.8, 4) is 0 Å². The molecular weight excluding hydrogens is 807 g/mol. The number of hydrogen-bond acceptors (Lipinski definition) is 2. The van der Waals surface area contributed by atoms with E-state index in [2.05, 4.69) is 83.2 Å². The molecule has 338 valence electrons. The van der Waals surface area contributed by atoms with Crippen LogP contribution in [0.15, 0.2) is 58.5 Å². The van der Waals surface area contributed by atoms with Gasteiger partial charge in [0.05, 0.1) is 23.3 Å². The Morgan fingerprint density at radius 2 is 0.729 bits per heavy atom. The van der Waals surface area contributed by atoms with Gasteiger partial charge in [0.2, 0.25) is 0 Å². The third-order valence-corrected chi connectivity index (χ3v) is 12.1. The van der Waals surface area contributed by atoms with Crippen LogP contribution in [0, 0.1) is 0 Å². The van der Waals surface area contributed by atoms with E-state index < -0.39 is 0 Å². The van der Waals surface area contributed by atoms with Crippen molar-refractivity contribution in [3.05, 3.63) is 70.8 Å². The molecule has 0 saturated heterocycles. The molecule has 0 fully saturated rings. The molecule has 2 nitrogen and oxygen atoms in total. The molecule has 2 aromatic rings. The Kier molecular flexibility index (Phi) is 37.7. The van der Waals surface area contributed by atoms with Crippen LogP contribution < -0.4 is 0 Å². The quantitative estimate of drug-likeness (QED) is 0.0363. The molecule has 0 saturated carbocycles. The van der Waals surface area contributed by atoms with Gasteiger partial charge in [0, 0.05) is 20.4 Å². The number of aliphatic imine (C=N–C) groups is 2. The number of nitrogens with zero attached hydrogens (tertiary/aromatic N) is 2. The maximum Gasteiger partial charge on any atom is 0.0816 e. The Labute approximate surface area is 381 Å². The minimum atomic E-state index is 0. The number of unbranched alkanes of at least 4 members (excludes halogenated alkanes) is 26. The van der Waals surface area contributed by atoms with Crippen molar-refractivity contribution in [2.24, 2.45) is 9.98 Å². The number of benzene rings is 2. The van der Waals surface area contributed by atoms with E-state index in [1.807, 2.05) is 6.21 Å². The number of rotatable bonds is 39. The molecule has 0 spiro atoms. The Morgan fingerprint density at radius 3 is 1.12 bits per heavy atom. The molecule has 0 atom stereocenters. The second-order valence-corrected chi connectivity index (χ2v) is 17.7. The van der Waals surface area contributed by atoms with Gasteiger partial charge in [-0.25, -0.2) is 4.99 Å². The van der Waals surface area contributed by atoms with Crippen LogP contribution in [-0.2, 0) is 46.1 Å². The molecule has 2 aromatic carbocycles. The first-order chi connectivity index (χ1) is 28.6. The average molecular weight is 902 g/mol. The van der Waals surface area contributed by atoms with Crippen molar-refractivity contribution < 1.29 is 20.4 Å². The first kappa shape index (κ1) is 55.2. The van der Waals surface area contributed by atoms with Gasteiger partial charge in [-0.1, -0.05) is 239 Å². The number of hydrogen-bond donors (Lipinski definition) is 0. The minimum Gasteiger partial charge on any atom is -0.255 e. The Bertz CT molecular complexity index is 1340. The third kappa shape index (κ3) is 29.2. The van der Waals surface area contributed by atoms with E-state index in [-0.39, 0.29) is 20.4 Å². The molecule has 0 aliphatic heterocycles. The molecule has 59 heavy (non-hydrogen) atoms. The molecule has 0 heterocycles. The number of aryl methyl sites for hydroxylation is 4. The zero-order valence-corrected chi connectivity index (χ0v) is 41.2. The average Bonchev–Trinajstić information content (AvgIpc) is 3.23. The van der Waals surface area contributed by atoms with Gasteiger partial charge in [-0.05, 0) is 91.1 Å². The normalized spacial score (nSPS) is 12.0. The first-order valence-corrected chi connectivity index (χ1v) is 25.7. The molecule has 0 aliphatic rings. The molecule has 2 rings (SSSR count). The van der Waals surface area contributed by atoms with Crippen LogP contribution in [0.5, 0.6) is 0 Å². The molecule has 3 heteroatoms.